The van der Waals surface area contributed by atoms with E-state index in [1.54, 1.807) is 7.11 Å². The van der Waals surface area contributed by atoms with Gasteiger partial charge in [0.25, 0.3) is 0 Å². The van der Waals surface area contributed by atoms with E-state index in [-0.39, 0.29) is 0 Å². The first kappa shape index (κ1) is 14.8. The van der Waals surface area contributed by atoms with Gasteiger partial charge in [-0.25, -0.2) is 0 Å². The Hall–Kier alpha value is -1.63. The van der Waals surface area contributed by atoms with Crippen LogP contribution in [0.4, 0.5) is 11.9 Å². The molecule has 7 nitrogen and oxygen atoms in total. The molecule has 20 heavy (non-hydrogen) atoms. The highest BCUT2D eigenvalue weighted by atomic mass is 16.5. The number of methoxy groups -OCH3 is 1. The fourth-order valence-corrected chi connectivity index (χ4v) is 2.38. The van der Waals surface area contributed by atoms with Gasteiger partial charge >= 0.3 is 6.01 Å². The Balaban J connectivity index is 2.20. The van der Waals surface area contributed by atoms with Crippen LogP contribution in [0.2, 0.25) is 0 Å². The zero-order chi connectivity index (χ0) is 14.5. The predicted molar refractivity (Wildman–Crippen MR) is 79.5 cm³/mol. The molecule has 2 heterocycles. The monoisotopic (exact) mass is 280 g/mol. The van der Waals surface area contributed by atoms with Gasteiger partial charge in [-0.05, 0) is 20.4 Å². The first-order chi connectivity index (χ1) is 9.67. The number of hydrogen-bond acceptors (Lipinski definition) is 7. The van der Waals surface area contributed by atoms with Gasteiger partial charge in [0.2, 0.25) is 11.9 Å². The van der Waals surface area contributed by atoms with Crippen LogP contribution in [0.3, 0.4) is 0 Å². The molecule has 1 aromatic heterocycles. The first-order valence-electron chi connectivity index (χ1n) is 7.17. The molecule has 1 atom stereocenters. The van der Waals surface area contributed by atoms with E-state index >= 15 is 0 Å². The average Bonchev–Trinajstić information content (AvgIpc) is 2.47. The summed E-state index contributed by atoms with van der Waals surface area (Å²) in [6.45, 7) is 7.87. The fourth-order valence-electron chi connectivity index (χ4n) is 2.38. The molecular weight excluding hydrogens is 256 g/mol. The lowest BCUT2D eigenvalue weighted by atomic mass is 10.1. The van der Waals surface area contributed by atoms with Crippen LogP contribution < -0.4 is 15.0 Å². The van der Waals surface area contributed by atoms with E-state index in [1.165, 1.54) is 0 Å². The molecule has 1 aromatic rings. The number of anilines is 2. The van der Waals surface area contributed by atoms with Crippen molar-refractivity contribution in [3.8, 4) is 6.01 Å². The van der Waals surface area contributed by atoms with Gasteiger partial charge in [0.05, 0.1) is 7.11 Å². The van der Waals surface area contributed by atoms with E-state index < -0.39 is 0 Å². The van der Waals surface area contributed by atoms with E-state index in [0.29, 0.717) is 23.9 Å². The predicted octanol–water partition coefficient (Wildman–Crippen LogP) is 0.842. The molecule has 0 bridgehead atoms. The summed E-state index contributed by atoms with van der Waals surface area (Å²) in [5, 5.41) is 3.12. The average molecular weight is 280 g/mol. The van der Waals surface area contributed by atoms with E-state index in [1.807, 2.05) is 6.92 Å². The van der Waals surface area contributed by atoms with Gasteiger partial charge < -0.3 is 15.0 Å². The van der Waals surface area contributed by atoms with Crippen molar-refractivity contribution in [2.75, 3.05) is 50.6 Å². The third-order valence-electron chi connectivity index (χ3n) is 3.65. The molecule has 1 aliphatic rings. The molecule has 2 rings (SSSR count). The zero-order valence-electron chi connectivity index (χ0n) is 12.8. The molecule has 0 amide bonds. The van der Waals surface area contributed by atoms with Crippen molar-refractivity contribution in [3.05, 3.63) is 0 Å². The third kappa shape index (κ3) is 3.27. The number of nitrogens with zero attached hydrogens (tertiary/aromatic N) is 5. The van der Waals surface area contributed by atoms with E-state index in [9.17, 15) is 0 Å². The Morgan fingerprint density at radius 2 is 2.05 bits per heavy atom. The lowest BCUT2D eigenvalue weighted by Crippen LogP contribution is -2.51. The van der Waals surface area contributed by atoms with Gasteiger partial charge in [-0.3, -0.25) is 4.90 Å². The van der Waals surface area contributed by atoms with E-state index in [4.69, 9.17) is 4.74 Å². The molecule has 7 heteroatoms. The summed E-state index contributed by atoms with van der Waals surface area (Å²) >= 11 is 0. The second kappa shape index (κ2) is 6.69. The van der Waals surface area contributed by atoms with Crippen molar-refractivity contribution in [3.63, 3.8) is 0 Å². The molecule has 0 aromatic carbocycles. The topological polar surface area (TPSA) is 66.4 Å². The van der Waals surface area contributed by atoms with Crippen LogP contribution >= 0.6 is 0 Å². The molecule has 0 aliphatic carbocycles. The van der Waals surface area contributed by atoms with Crippen LogP contribution in [0.15, 0.2) is 0 Å². The summed E-state index contributed by atoms with van der Waals surface area (Å²) in [7, 11) is 3.75. The lowest BCUT2D eigenvalue weighted by molar-refractivity contribution is 0.212. The summed E-state index contributed by atoms with van der Waals surface area (Å²) in [5.41, 5.74) is 0. The molecule has 112 valence electrons. The molecule has 1 aliphatic heterocycles. The SMILES string of the molecule is CCNc1nc(OC)nc(N2CCN(C)C(CC)C2)n1. The number of likely N-dealkylation sites (N-methyl/N-ethyl adjacent to an activating group) is 1. The molecule has 0 radical (unpaired) electrons. The summed E-state index contributed by atoms with van der Waals surface area (Å²) in [4.78, 5) is 17.7. The van der Waals surface area contributed by atoms with Crippen molar-refractivity contribution >= 4 is 11.9 Å². The number of piperazine rings is 1. The van der Waals surface area contributed by atoms with Gasteiger partial charge in [0.1, 0.15) is 0 Å². The Morgan fingerprint density at radius 3 is 2.70 bits per heavy atom. The van der Waals surface area contributed by atoms with Crippen LogP contribution in [-0.2, 0) is 0 Å². The number of aromatic nitrogens is 3. The minimum atomic E-state index is 0.359. The first-order valence-corrected chi connectivity index (χ1v) is 7.17. The highest BCUT2D eigenvalue weighted by molar-refractivity contribution is 5.39. The summed E-state index contributed by atoms with van der Waals surface area (Å²) in [6.07, 6.45) is 1.12. The van der Waals surface area contributed by atoms with Crippen LogP contribution in [0.5, 0.6) is 6.01 Å². The zero-order valence-corrected chi connectivity index (χ0v) is 12.8. The number of ether oxygens (including phenoxy) is 1. The van der Waals surface area contributed by atoms with Crippen LogP contribution in [-0.4, -0.2) is 66.2 Å². The molecule has 1 fully saturated rings. The van der Waals surface area contributed by atoms with Crippen molar-refractivity contribution in [1.29, 1.82) is 0 Å². The Bertz CT molecular complexity index is 441. The standard InChI is InChI=1S/C13H24N6O/c1-5-10-9-19(8-7-18(10)3)12-15-11(14-6-2)16-13(17-12)20-4/h10H,5-9H2,1-4H3,(H,14,15,16,17). The number of nitrogens with one attached hydrogen (secondary N) is 1. The van der Waals surface area contributed by atoms with Crippen molar-refractivity contribution < 1.29 is 4.74 Å². The van der Waals surface area contributed by atoms with Gasteiger partial charge in [-0.15, -0.1) is 0 Å². The van der Waals surface area contributed by atoms with Crippen molar-refractivity contribution in [1.82, 2.24) is 19.9 Å². The highest BCUT2D eigenvalue weighted by Crippen LogP contribution is 2.19. The minimum Gasteiger partial charge on any atom is -0.467 e. The number of hydrogen-bond donors (Lipinski definition) is 1. The second-order valence-corrected chi connectivity index (χ2v) is 4.96. The molecule has 1 unspecified atom stereocenters. The Labute approximate surface area is 120 Å². The maximum absolute atomic E-state index is 5.17. The third-order valence-corrected chi connectivity index (χ3v) is 3.65. The minimum absolute atomic E-state index is 0.359. The van der Waals surface area contributed by atoms with Crippen LogP contribution in [0, 0.1) is 0 Å². The highest BCUT2D eigenvalue weighted by Gasteiger charge is 2.25. The summed E-state index contributed by atoms with van der Waals surface area (Å²) < 4.78 is 5.17. The molecule has 1 N–H and O–H groups in total. The summed E-state index contributed by atoms with van der Waals surface area (Å²) in [5.74, 6) is 1.26. The van der Waals surface area contributed by atoms with Gasteiger partial charge in [0, 0.05) is 32.2 Å². The largest absolute Gasteiger partial charge is 0.467 e. The normalized spacial score (nSPS) is 20.0. The lowest BCUT2D eigenvalue weighted by Gasteiger charge is -2.39. The number of rotatable bonds is 5. The second-order valence-electron chi connectivity index (χ2n) is 4.96. The maximum atomic E-state index is 5.17. The van der Waals surface area contributed by atoms with E-state index in [2.05, 4.69) is 44.0 Å². The van der Waals surface area contributed by atoms with Gasteiger partial charge in [-0.2, -0.15) is 15.0 Å². The molecule has 0 spiro atoms. The maximum Gasteiger partial charge on any atom is 0.322 e. The molecular formula is C13H24N6O. The molecule has 0 saturated carbocycles. The van der Waals surface area contributed by atoms with Crippen molar-refractivity contribution in [2.24, 2.45) is 0 Å². The quantitative estimate of drug-likeness (QED) is 0.857. The van der Waals surface area contributed by atoms with Crippen LogP contribution in [0.1, 0.15) is 20.3 Å². The van der Waals surface area contributed by atoms with E-state index in [0.717, 1.165) is 32.6 Å². The Kier molecular flexibility index (Phi) is 4.94. The Morgan fingerprint density at radius 1 is 1.25 bits per heavy atom. The van der Waals surface area contributed by atoms with Gasteiger partial charge in [0.15, 0.2) is 0 Å². The fraction of sp³-hybridized carbons (Fsp3) is 0.769. The summed E-state index contributed by atoms with van der Waals surface area (Å²) in [6, 6.07) is 0.895. The van der Waals surface area contributed by atoms with Crippen molar-refractivity contribution in [2.45, 2.75) is 26.3 Å². The molecule has 1 saturated heterocycles. The smallest absolute Gasteiger partial charge is 0.322 e. The van der Waals surface area contributed by atoms with Crippen LogP contribution in [0.25, 0.3) is 0 Å². The van der Waals surface area contributed by atoms with Gasteiger partial charge in [-0.1, -0.05) is 6.92 Å².